The van der Waals surface area contributed by atoms with Gasteiger partial charge in [0, 0.05) is 49.2 Å². The number of nitrogens with zero attached hydrogens (tertiary/aromatic N) is 4. The van der Waals surface area contributed by atoms with Crippen molar-refractivity contribution in [3.8, 4) is 11.3 Å². The van der Waals surface area contributed by atoms with E-state index in [9.17, 15) is 14.4 Å². The van der Waals surface area contributed by atoms with Crippen LogP contribution in [-0.4, -0.2) is 103 Å². The lowest BCUT2D eigenvalue weighted by Gasteiger charge is -2.32. The zero-order valence-corrected chi connectivity index (χ0v) is 23.1. The first-order valence-electron chi connectivity index (χ1n) is 13.9. The van der Waals surface area contributed by atoms with E-state index in [1.54, 1.807) is 28.4 Å². The SMILES string of the molecule is CN1CCN(c2nc(-c3ccc(C(=O)N[C@H](C(=O)N4C[C@@H](N)[C@H]5OCC(=O)[C@H]54)C4CCCC4)cc3)cs2)CC1. The van der Waals surface area contributed by atoms with E-state index in [-0.39, 0.29) is 36.7 Å². The maximum atomic E-state index is 13.8. The van der Waals surface area contributed by atoms with Crippen LogP contribution in [0.15, 0.2) is 29.6 Å². The number of likely N-dealkylation sites (tertiary alicyclic amines) is 1. The minimum atomic E-state index is -0.691. The van der Waals surface area contributed by atoms with Crippen molar-refractivity contribution >= 4 is 34.1 Å². The molecule has 1 aliphatic carbocycles. The molecule has 3 saturated heterocycles. The zero-order chi connectivity index (χ0) is 27.1. The van der Waals surface area contributed by atoms with Crippen LogP contribution in [0.3, 0.4) is 0 Å². The number of thiazole rings is 1. The van der Waals surface area contributed by atoms with Gasteiger partial charge in [-0.25, -0.2) is 4.98 Å². The van der Waals surface area contributed by atoms with Crippen LogP contribution in [0, 0.1) is 5.92 Å². The standard InChI is InChI=1S/C28H36N6O4S/c1-32-10-12-33(13-11-32)28-30-21(16-39-28)17-6-8-19(9-7-17)26(36)31-23(18-4-2-3-5-18)27(37)34-14-20(29)25-24(34)22(35)15-38-25/h6-9,16,18,20,23-25H,2-5,10-15,29H2,1H3,(H,31,36)/t20-,23+,24-,25-/m1/s1. The summed E-state index contributed by atoms with van der Waals surface area (Å²) in [5.41, 5.74) is 8.53. The molecule has 3 N–H and O–H groups in total. The first kappa shape index (κ1) is 26.4. The molecular weight excluding hydrogens is 516 g/mol. The van der Waals surface area contributed by atoms with Crippen LogP contribution < -0.4 is 16.0 Å². The molecule has 208 valence electrons. The summed E-state index contributed by atoms with van der Waals surface area (Å²) in [5, 5.41) is 6.10. The van der Waals surface area contributed by atoms with Crippen molar-refractivity contribution in [3.63, 3.8) is 0 Å². The van der Waals surface area contributed by atoms with E-state index < -0.39 is 24.2 Å². The van der Waals surface area contributed by atoms with E-state index in [0.717, 1.165) is 68.3 Å². The third kappa shape index (κ3) is 5.20. The third-order valence-electron chi connectivity index (χ3n) is 8.64. The molecule has 4 fully saturated rings. The monoisotopic (exact) mass is 552 g/mol. The van der Waals surface area contributed by atoms with Crippen LogP contribution in [-0.2, 0) is 14.3 Å². The molecule has 2 aromatic rings. The lowest BCUT2D eigenvalue weighted by Crippen LogP contribution is -2.54. The lowest BCUT2D eigenvalue weighted by molar-refractivity contribution is -0.139. The molecule has 1 aromatic carbocycles. The van der Waals surface area contributed by atoms with E-state index in [1.165, 1.54) is 0 Å². The fraction of sp³-hybridized carbons (Fsp3) is 0.571. The van der Waals surface area contributed by atoms with E-state index in [0.29, 0.717) is 5.56 Å². The molecule has 4 atom stereocenters. The van der Waals surface area contributed by atoms with Crippen LogP contribution in [0.25, 0.3) is 11.3 Å². The summed E-state index contributed by atoms with van der Waals surface area (Å²) in [4.78, 5) is 50.6. The summed E-state index contributed by atoms with van der Waals surface area (Å²) in [5.74, 6) is -0.604. The quantitative estimate of drug-likeness (QED) is 0.551. The molecule has 4 aliphatic rings. The van der Waals surface area contributed by atoms with Crippen LogP contribution in [0.5, 0.6) is 0 Å². The Morgan fingerprint density at radius 2 is 1.85 bits per heavy atom. The van der Waals surface area contributed by atoms with Gasteiger partial charge in [0.05, 0.1) is 11.7 Å². The molecule has 0 bridgehead atoms. The van der Waals surface area contributed by atoms with Gasteiger partial charge in [-0.3, -0.25) is 14.4 Å². The number of nitrogens with one attached hydrogen (secondary N) is 1. The molecule has 6 rings (SSSR count). The number of rotatable bonds is 6. The Kier molecular flexibility index (Phi) is 7.41. The lowest BCUT2D eigenvalue weighted by atomic mass is 9.95. The molecule has 11 heteroatoms. The van der Waals surface area contributed by atoms with Gasteiger partial charge in [-0.15, -0.1) is 11.3 Å². The van der Waals surface area contributed by atoms with Gasteiger partial charge < -0.3 is 30.5 Å². The Balaban J connectivity index is 1.15. The fourth-order valence-corrected chi connectivity index (χ4v) is 7.21. The molecule has 2 amide bonds. The molecular formula is C28H36N6O4S. The number of carbonyl (C=O) groups is 3. The van der Waals surface area contributed by atoms with E-state index >= 15 is 0 Å². The van der Waals surface area contributed by atoms with Gasteiger partial charge in [-0.1, -0.05) is 25.0 Å². The van der Waals surface area contributed by atoms with Gasteiger partial charge in [0.25, 0.3) is 5.91 Å². The van der Waals surface area contributed by atoms with E-state index in [1.807, 2.05) is 12.1 Å². The second-order valence-electron chi connectivity index (χ2n) is 11.2. The van der Waals surface area contributed by atoms with Crippen LogP contribution in [0.2, 0.25) is 0 Å². The molecule has 10 nitrogen and oxygen atoms in total. The van der Waals surface area contributed by atoms with E-state index in [4.69, 9.17) is 15.5 Å². The Labute approximate surface area is 232 Å². The molecule has 0 unspecified atom stereocenters. The van der Waals surface area contributed by atoms with Gasteiger partial charge in [-0.2, -0.15) is 0 Å². The average molecular weight is 553 g/mol. The topological polar surface area (TPSA) is 121 Å². The fourth-order valence-electron chi connectivity index (χ4n) is 6.33. The normalized spacial score (nSPS) is 26.7. The predicted octanol–water partition coefficient (Wildman–Crippen LogP) is 1.36. The highest BCUT2D eigenvalue weighted by Gasteiger charge is 2.52. The van der Waals surface area contributed by atoms with Crippen LogP contribution in [0.4, 0.5) is 5.13 Å². The number of aromatic nitrogens is 1. The number of likely N-dealkylation sites (N-methyl/N-ethyl adjacent to an activating group) is 1. The van der Waals surface area contributed by atoms with Crippen molar-refractivity contribution in [1.82, 2.24) is 20.1 Å². The van der Waals surface area contributed by atoms with Gasteiger partial charge in [-0.05, 0) is 37.9 Å². The van der Waals surface area contributed by atoms with Gasteiger partial charge >= 0.3 is 0 Å². The van der Waals surface area contributed by atoms with Crippen molar-refractivity contribution in [2.24, 2.45) is 11.7 Å². The van der Waals surface area contributed by atoms with Crippen LogP contribution >= 0.6 is 11.3 Å². The summed E-state index contributed by atoms with van der Waals surface area (Å²) < 4.78 is 5.56. The first-order chi connectivity index (χ1) is 18.9. The number of nitrogens with two attached hydrogens (primary N) is 1. The Morgan fingerprint density at radius 3 is 2.56 bits per heavy atom. The second-order valence-corrected chi connectivity index (χ2v) is 12.1. The molecule has 4 heterocycles. The largest absolute Gasteiger partial charge is 0.366 e. The number of fused-ring (bicyclic) bond motifs is 1. The number of benzene rings is 1. The minimum Gasteiger partial charge on any atom is -0.366 e. The summed E-state index contributed by atoms with van der Waals surface area (Å²) in [6.45, 7) is 4.23. The highest BCUT2D eigenvalue weighted by Crippen LogP contribution is 2.33. The summed E-state index contributed by atoms with van der Waals surface area (Å²) in [7, 11) is 2.14. The molecule has 3 aliphatic heterocycles. The number of Topliss-reactive ketones (excluding diaryl/α,β-unsaturated/α-hetero) is 1. The van der Waals surface area contributed by atoms with E-state index in [2.05, 4.69) is 27.5 Å². The smallest absolute Gasteiger partial charge is 0.251 e. The van der Waals surface area contributed by atoms with Crippen molar-refractivity contribution in [2.45, 2.75) is 49.9 Å². The Hall–Kier alpha value is -2.86. The van der Waals surface area contributed by atoms with Crippen molar-refractivity contribution in [3.05, 3.63) is 35.2 Å². The summed E-state index contributed by atoms with van der Waals surface area (Å²) in [6, 6.07) is 5.63. The first-order valence-corrected chi connectivity index (χ1v) is 14.8. The number of hydrogen-bond donors (Lipinski definition) is 2. The van der Waals surface area contributed by atoms with Gasteiger partial charge in [0.2, 0.25) is 5.91 Å². The minimum absolute atomic E-state index is 0.0184. The average Bonchev–Trinajstić information content (AvgIpc) is 3.75. The predicted molar refractivity (Wildman–Crippen MR) is 149 cm³/mol. The maximum Gasteiger partial charge on any atom is 0.251 e. The van der Waals surface area contributed by atoms with Crippen molar-refractivity contribution < 1.29 is 19.1 Å². The molecule has 1 aromatic heterocycles. The maximum absolute atomic E-state index is 13.8. The number of hydrogen-bond acceptors (Lipinski definition) is 9. The molecule has 39 heavy (non-hydrogen) atoms. The van der Waals surface area contributed by atoms with Crippen molar-refractivity contribution in [2.75, 3.05) is 51.3 Å². The molecule has 1 saturated carbocycles. The summed E-state index contributed by atoms with van der Waals surface area (Å²) >= 11 is 1.64. The number of ether oxygens (including phenoxy) is 1. The number of anilines is 1. The Morgan fingerprint density at radius 1 is 1.13 bits per heavy atom. The van der Waals surface area contributed by atoms with Gasteiger partial charge in [0.15, 0.2) is 10.9 Å². The highest BCUT2D eigenvalue weighted by molar-refractivity contribution is 7.14. The molecule has 0 radical (unpaired) electrons. The van der Waals surface area contributed by atoms with Crippen molar-refractivity contribution in [1.29, 1.82) is 0 Å². The third-order valence-corrected chi connectivity index (χ3v) is 9.54. The number of ketones is 1. The Bertz CT molecular complexity index is 1220. The molecule has 0 spiro atoms. The van der Waals surface area contributed by atoms with Crippen LogP contribution in [0.1, 0.15) is 36.0 Å². The number of carbonyl (C=O) groups excluding carboxylic acids is 3. The summed E-state index contributed by atoms with van der Waals surface area (Å²) in [6.07, 6.45) is 3.32. The number of amides is 2. The second kappa shape index (κ2) is 11.0. The highest BCUT2D eigenvalue weighted by atomic mass is 32.1. The number of piperazine rings is 1. The zero-order valence-electron chi connectivity index (χ0n) is 22.3. The van der Waals surface area contributed by atoms with Gasteiger partial charge in [0.1, 0.15) is 24.8 Å².